The standard InChI is InChI=1S/C27H29FN2O4/c1-32-25-9-5-6-20(14-25)16-30(17-23(31)19-33-24-7-3-2-4-8-24)18-26-15-27(29-34-26)21-10-12-22(28)13-11-21/h2-14,23,26,31H,15-19H2,1H3. The Labute approximate surface area is 199 Å². The molecule has 0 saturated heterocycles. The van der Waals surface area contributed by atoms with E-state index in [1.807, 2.05) is 54.6 Å². The summed E-state index contributed by atoms with van der Waals surface area (Å²) in [4.78, 5) is 7.82. The van der Waals surface area contributed by atoms with Crippen LogP contribution in [-0.4, -0.2) is 54.7 Å². The Balaban J connectivity index is 1.39. The summed E-state index contributed by atoms with van der Waals surface area (Å²) in [5.74, 6) is 1.22. The molecular weight excluding hydrogens is 435 g/mol. The fourth-order valence-electron chi connectivity index (χ4n) is 3.92. The van der Waals surface area contributed by atoms with Crippen molar-refractivity contribution in [2.45, 2.75) is 25.2 Å². The van der Waals surface area contributed by atoms with Crippen LogP contribution in [0.3, 0.4) is 0 Å². The van der Waals surface area contributed by atoms with Gasteiger partial charge in [-0.1, -0.05) is 47.6 Å². The molecule has 34 heavy (non-hydrogen) atoms. The van der Waals surface area contributed by atoms with Crippen molar-refractivity contribution in [2.24, 2.45) is 5.16 Å². The fraction of sp³-hybridized carbons (Fsp3) is 0.296. The summed E-state index contributed by atoms with van der Waals surface area (Å²) in [5.41, 5.74) is 2.70. The minimum Gasteiger partial charge on any atom is -0.497 e. The van der Waals surface area contributed by atoms with E-state index < -0.39 is 6.10 Å². The lowest BCUT2D eigenvalue weighted by Crippen LogP contribution is -2.39. The van der Waals surface area contributed by atoms with E-state index in [2.05, 4.69) is 10.1 Å². The van der Waals surface area contributed by atoms with Gasteiger partial charge in [-0.25, -0.2) is 4.39 Å². The van der Waals surface area contributed by atoms with Crippen molar-refractivity contribution in [3.63, 3.8) is 0 Å². The lowest BCUT2D eigenvalue weighted by molar-refractivity contribution is 0.0213. The summed E-state index contributed by atoms with van der Waals surface area (Å²) in [6.07, 6.45) is -0.255. The first-order chi connectivity index (χ1) is 16.6. The molecule has 0 saturated carbocycles. The van der Waals surface area contributed by atoms with E-state index in [1.54, 1.807) is 19.2 Å². The SMILES string of the molecule is COc1cccc(CN(CC(O)COc2ccccc2)CC2CC(c3ccc(F)cc3)=NO2)c1. The molecule has 0 bridgehead atoms. The van der Waals surface area contributed by atoms with Gasteiger partial charge < -0.3 is 19.4 Å². The highest BCUT2D eigenvalue weighted by Crippen LogP contribution is 2.20. The maximum atomic E-state index is 13.3. The van der Waals surface area contributed by atoms with Crippen LogP contribution in [0.4, 0.5) is 4.39 Å². The molecule has 6 nitrogen and oxygen atoms in total. The van der Waals surface area contributed by atoms with Crippen molar-refractivity contribution < 1.29 is 23.8 Å². The van der Waals surface area contributed by atoms with Gasteiger partial charge in [0.25, 0.3) is 0 Å². The Morgan fingerprint density at radius 3 is 2.59 bits per heavy atom. The van der Waals surface area contributed by atoms with Crippen LogP contribution >= 0.6 is 0 Å². The smallest absolute Gasteiger partial charge is 0.145 e. The number of nitrogens with zero attached hydrogens (tertiary/aromatic N) is 2. The number of benzene rings is 3. The summed E-state index contributed by atoms with van der Waals surface area (Å²) >= 11 is 0. The average Bonchev–Trinajstić information content (AvgIpc) is 3.32. The molecular formula is C27H29FN2O4. The molecule has 1 N–H and O–H groups in total. The van der Waals surface area contributed by atoms with Gasteiger partial charge in [-0.15, -0.1) is 0 Å². The number of halogens is 1. The lowest BCUT2D eigenvalue weighted by Gasteiger charge is -2.27. The second-order valence-corrected chi connectivity index (χ2v) is 8.30. The van der Waals surface area contributed by atoms with E-state index in [-0.39, 0.29) is 18.5 Å². The number of hydrogen-bond acceptors (Lipinski definition) is 6. The van der Waals surface area contributed by atoms with Gasteiger partial charge in [0.05, 0.1) is 12.8 Å². The first kappa shape index (κ1) is 23.7. The van der Waals surface area contributed by atoms with Crippen LogP contribution in [0.15, 0.2) is 84.0 Å². The molecule has 4 rings (SSSR count). The van der Waals surface area contributed by atoms with Gasteiger partial charge >= 0.3 is 0 Å². The number of aliphatic hydroxyl groups is 1. The van der Waals surface area contributed by atoms with Crippen LogP contribution in [0.25, 0.3) is 0 Å². The number of rotatable bonds is 11. The second kappa shape index (κ2) is 11.6. The topological polar surface area (TPSA) is 63.5 Å². The van der Waals surface area contributed by atoms with Gasteiger partial charge in [0.15, 0.2) is 0 Å². The Bertz CT molecular complexity index is 1080. The van der Waals surface area contributed by atoms with Crippen LogP contribution in [0.5, 0.6) is 11.5 Å². The lowest BCUT2D eigenvalue weighted by atomic mass is 10.0. The van der Waals surface area contributed by atoms with Crippen LogP contribution in [0, 0.1) is 5.82 Å². The van der Waals surface area contributed by atoms with Gasteiger partial charge in [-0.05, 0) is 47.5 Å². The highest BCUT2D eigenvalue weighted by Gasteiger charge is 2.26. The van der Waals surface area contributed by atoms with Gasteiger partial charge in [0.2, 0.25) is 0 Å². The highest BCUT2D eigenvalue weighted by molar-refractivity contribution is 6.01. The molecule has 0 amide bonds. The first-order valence-electron chi connectivity index (χ1n) is 11.3. The molecule has 3 aromatic carbocycles. The summed E-state index contributed by atoms with van der Waals surface area (Å²) in [6, 6.07) is 23.5. The Morgan fingerprint density at radius 1 is 1.06 bits per heavy atom. The molecule has 1 heterocycles. The fourth-order valence-corrected chi connectivity index (χ4v) is 3.92. The largest absolute Gasteiger partial charge is 0.497 e. The van der Waals surface area contributed by atoms with E-state index in [4.69, 9.17) is 14.3 Å². The summed E-state index contributed by atoms with van der Waals surface area (Å²) in [5, 5.41) is 14.9. The number of aliphatic hydroxyl groups excluding tert-OH is 1. The molecule has 0 aliphatic carbocycles. The van der Waals surface area contributed by atoms with E-state index in [0.717, 1.165) is 28.3 Å². The highest BCUT2D eigenvalue weighted by atomic mass is 19.1. The van der Waals surface area contributed by atoms with Crippen molar-refractivity contribution in [3.05, 3.63) is 95.8 Å². The van der Waals surface area contributed by atoms with E-state index in [1.165, 1.54) is 12.1 Å². The number of hydrogen-bond donors (Lipinski definition) is 1. The van der Waals surface area contributed by atoms with Crippen molar-refractivity contribution in [2.75, 3.05) is 26.8 Å². The zero-order valence-corrected chi connectivity index (χ0v) is 19.1. The molecule has 0 spiro atoms. The molecule has 0 fully saturated rings. The van der Waals surface area contributed by atoms with Crippen molar-refractivity contribution in [1.82, 2.24) is 4.90 Å². The van der Waals surface area contributed by atoms with Crippen molar-refractivity contribution >= 4 is 5.71 Å². The summed E-state index contributed by atoms with van der Waals surface area (Å²) < 4.78 is 24.3. The molecule has 3 aromatic rings. The zero-order valence-electron chi connectivity index (χ0n) is 19.1. The molecule has 178 valence electrons. The number of oxime groups is 1. The predicted octanol–water partition coefficient (Wildman–Crippen LogP) is 4.27. The van der Waals surface area contributed by atoms with Crippen molar-refractivity contribution in [1.29, 1.82) is 0 Å². The molecule has 7 heteroatoms. The van der Waals surface area contributed by atoms with E-state index in [0.29, 0.717) is 26.1 Å². The predicted molar refractivity (Wildman–Crippen MR) is 129 cm³/mol. The Kier molecular flexibility index (Phi) is 8.12. The Morgan fingerprint density at radius 2 is 1.82 bits per heavy atom. The monoisotopic (exact) mass is 464 g/mol. The van der Waals surface area contributed by atoms with E-state index >= 15 is 0 Å². The quantitative estimate of drug-likeness (QED) is 0.459. The minimum absolute atomic E-state index is 0.173. The van der Waals surface area contributed by atoms with Gasteiger partial charge in [-0.3, -0.25) is 4.90 Å². The third kappa shape index (κ3) is 6.79. The van der Waals surface area contributed by atoms with Crippen LogP contribution in [0.2, 0.25) is 0 Å². The summed E-state index contributed by atoms with van der Waals surface area (Å²) in [7, 11) is 1.64. The third-order valence-electron chi connectivity index (χ3n) is 5.57. The van der Waals surface area contributed by atoms with Crippen LogP contribution < -0.4 is 9.47 Å². The summed E-state index contributed by atoms with van der Waals surface area (Å²) in [6.45, 7) is 1.75. The molecule has 1 aliphatic rings. The first-order valence-corrected chi connectivity index (χ1v) is 11.3. The molecule has 2 atom stereocenters. The average molecular weight is 465 g/mol. The van der Waals surface area contributed by atoms with Gasteiger partial charge in [0, 0.05) is 26.1 Å². The molecule has 1 aliphatic heterocycles. The Hall–Kier alpha value is -3.42. The minimum atomic E-state index is -0.690. The van der Waals surface area contributed by atoms with Gasteiger partial charge in [-0.2, -0.15) is 0 Å². The number of methoxy groups -OCH3 is 1. The second-order valence-electron chi connectivity index (χ2n) is 8.30. The van der Waals surface area contributed by atoms with Crippen LogP contribution in [-0.2, 0) is 11.4 Å². The molecule has 0 aromatic heterocycles. The normalized spacial score (nSPS) is 16.1. The third-order valence-corrected chi connectivity index (χ3v) is 5.57. The zero-order chi connectivity index (χ0) is 23.8. The maximum absolute atomic E-state index is 13.3. The van der Waals surface area contributed by atoms with Crippen LogP contribution in [0.1, 0.15) is 17.5 Å². The van der Waals surface area contributed by atoms with E-state index in [9.17, 15) is 9.50 Å². The maximum Gasteiger partial charge on any atom is 0.145 e. The number of para-hydroxylation sites is 1. The molecule has 2 unspecified atom stereocenters. The van der Waals surface area contributed by atoms with Crippen molar-refractivity contribution in [3.8, 4) is 11.5 Å². The number of ether oxygens (including phenoxy) is 2. The van der Waals surface area contributed by atoms with Gasteiger partial charge in [0.1, 0.15) is 36.1 Å². The molecule has 0 radical (unpaired) electrons.